The van der Waals surface area contributed by atoms with E-state index in [-0.39, 0.29) is 0 Å². The highest BCUT2D eigenvalue weighted by atomic mass is 35.5. The van der Waals surface area contributed by atoms with E-state index >= 15 is 0 Å². The predicted octanol–water partition coefficient (Wildman–Crippen LogP) is 4.97. The van der Waals surface area contributed by atoms with Crippen molar-refractivity contribution in [2.45, 2.75) is 26.9 Å². The quantitative estimate of drug-likeness (QED) is 0.257. The molecule has 2 amide bonds. The molecule has 3 aromatic carbocycles. The summed E-state index contributed by atoms with van der Waals surface area (Å²) in [5.74, 6) is -0.558. The Balaban J connectivity index is 1.60. The Labute approximate surface area is 203 Å². The zero-order valence-corrected chi connectivity index (χ0v) is 19.8. The Kier molecular flexibility index (Phi) is 9.05. The number of hydrazone groups is 1. The number of aryl methyl sites for hydroxylation is 1. The van der Waals surface area contributed by atoms with Crippen LogP contribution in [0.25, 0.3) is 0 Å². The number of carbonyl (C=O) groups is 2. The number of nitrogens with zero attached hydrogens (tertiary/aromatic N) is 1. The molecular weight excluding hydrogens is 454 g/mol. The molecule has 0 aliphatic carbocycles. The number of rotatable bonds is 9. The normalized spacial score (nSPS) is 10.7. The van der Waals surface area contributed by atoms with Crippen molar-refractivity contribution in [3.63, 3.8) is 0 Å². The summed E-state index contributed by atoms with van der Waals surface area (Å²) < 4.78 is 11.6. The summed E-state index contributed by atoms with van der Waals surface area (Å²) >= 11 is 6.02. The zero-order chi connectivity index (χ0) is 24.3. The van der Waals surface area contributed by atoms with Gasteiger partial charge in [-0.05, 0) is 66.4 Å². The lowest BCUT2D eigenvalue weighted by Gasteiger charge is -2.13. The van der Waals surface area contributed by atoms with E-state index in [1.165, 1.54) is 6.21 Å². The first-order valence-electron chi connectivity index (χ1n) is 10.9. The lowest BCUT2D eigenvalue weighted by Crippen LogP contribution is -2.32. The van der Waals surface area contributed by atoms with E-state index in [9.17, 15) is 9.59 Å². The third kappa shape index (κ3) is 7.08. The summed E-state index contributed by atoms with van der Waals surface area (Å²) in [6.07, 6.45) is 2.16. The number of anilines is 1. The van der Waals surface area contributed by atoms with Gasteiger partial charge in [0.15, 0.2) is 11.5 Å². The number of ether oxygens (including phenoxy) is 2. The van der Waals surface area contributed by atoms with Crippen LogP contribution in [0.2, 0.25) is 5.02 Å². The van der Waals surface area contributed by atoms with Crippen molar-refractivity contribution < 1.29 is 19.1 Å². The van der Waals surface area contributed by atoms with Gasteiger partial charge < -0.3 is 14.8 Å². The van der Waals surface area contributed by atoms with E-state index in [0.29, 0.717) is 41.0 Å². The molecule has 34 heavy (non-hydrogen) atoms. The molecule has 0 fully saturated rings. The Morgan fingerprint density at radius 3 is 2.53 bits per heavy atom. The van der Waals surface area contributed by atoms with Crippen LogP contribution in [-0.4, -0.2) is 24.6 Å². The molecule has 3 rings (SSSR count). The highest BCUT2D eigenvalue weighted by molar-refractivity contribution is 6.39. The van der Waals surface area contributed by atoms with E-state index in [2.05, 4.69) is 15.8 Å². The Bertz CT molecular complexity index is 1180. The van der Waals surface area contributed by atoms with Crippen molar-refractivity contribution in [1.29, 1.82) is 0 Å². The molecule has 176 valence electrons. The van der Waals surface area contributed by atoms with Crippen molar-refractivity contribution >= 4 is 35.3 Å². The second kappa shape index (κ2) is 12.4. The molecular formula is C26H26ClN3O4. The number of hydrogen-bond donors (Lipinski definition) is 2. The second-order valence-electron chi connectivity index (χ2n) is 7.22. The largest absolute Gasteiger partial charge is 0.490 e. The lowest BCUT2D eigenvalue weighted by atomic mass is 10.1. The molecule has 8 heteroatoms. The minimum absolute atomic E-state index is 0.334. The van der Waals surface area contributed by atoms with Crippen LogP contribution in [0.3, 0.4) is 0 Å². The fourth-order valence-electron chi connectivity index (χ4n) is 3.13. The van der Waals surface area contributed by atoms with Gasteiger partial charge in [-0.2, -0.15) is 5.10 Å². The second-order valence-corrected chi connectivity index (χ2v) is 7.66. The zero-order valence-electron chi connectivity index (χ0n) is 19.0. The van der Waals surface area contributed by atoms with Gasteiger partial charge in [-0.15, -0.1) is 0 Å². The summed E-state index contributed by atoms with van der Waals surface area (Å²) in [5, 5.41) is 7.13. The molecule has 0 spiro atoms. The summed E-state index contributed by atoms with van der Waals surface area (Å²) in [6, 6.07) is 20.0. The van der Waals surface area contributed by atoms with Gasteiger partial charge in [0, 0.05) is 10.7 Å². The lowest BCUT2D eigenvalue weighted by molar-refractivity contribution is -0.136. The fraction of sp³-hybridized carbons (Fsp3) is 0.192. The maximum Gasteiger partial charge on any atom is 0.329 e. The number of hydrogen-bond acceptors (Lipinski definition) is 5. The minimum Gasteiger partial charge on any atom is -0.490 e. The first kappa shape index (κ1) is 24.8. The van der Waals surface area contributed by atoms with Crippen LogP contribution in [0.15, 0.2) is 71.8 Å². The molecule has 0 heterocycles. The van der Waals surface area contributed by atoms with Crippen LogP contribution in [0.1, 0.15) is 30.5 Å². The highest BCUT2D eigenvalue weighted by Gasteiger charge is 2.14. The number of nitrogens with one attached hydrogen (secondary N) is 2. The Hall–Kier alpha value is -3.84. The van der Waals surface area contributed by atoms with Gasteiger partial charge >= 0.3 is 11.8 Å². The van der Waals surface area contributed by atoms with E-state index in [1.807, 2.05) is 44.2 Å². The molecule has 0 saturated heterocycles. The maximum atomic E-state index is 12.2. The average Bonchev–Trinajstić information content (AvgIpc) is 2.84. The van der Waals surface area contributed by atoms with Gasteiger partial charge in [-0.25, -0.2) is 5.43 Å². The van der Waals surface area contributed by atoms with Crippen LogP contribution in [0, 0.1) is 0 Å². The highest BCUT2D eigenvalue weighted by Crippen LogP contribution is 2.29. The number of halogens is 1. The molecule has 7 nitrogen and oxygen atoms in total. The summed E-state index contributed by atoms with van der Waals surface area (Å²) in [4.78, 5) is 24.3. The third-order valence-electron chi connectivity index (χ3n) is 4.78. The number of benzene rings is 3. The van der Waals surface area contributed by atoms with Crippen LogP contribution in [0.4, 0.5) is 5.69 Å². The average molecular weight is 480 g/mol. The van der Waals surface area contributed by atoms with E-state index < -0.39 is 11.8 Å². The smallest absolute Gasteiger partial charge is 0.329 e. The van der Waals surface area contributed by atoms with E-state index in [4.69, 9.17) is 21.1 Å². The summed E-state index contributed by atoms with van der Waals surface area (Å²) in [6.45, 7) is 4.63. The molecule has 3 aromatic rings. The van der Waals surface area contributed by atoms with E-state index in [0.717, 1.165) is 17.5 Å². The van der Waals surface area contributed by atoms with Gasteiger partial charge in [-0.3, -0.25) is 9.59 Å². The van der Waals surface area contributed by atoms with Gasteiger partial charge in [0.1, 0.15) is 6.61 Å². The van der Waals surface area contributed by atoms with Crippen LogP contribution in [0.5, 0.6) is 11.5 Å². The molecule has 0 radical (unpaired) electrons. The first-order chi connectivity index (χ1) is 16.5. The molecule has 0 aliphatic heterocycles. The summed E-state index contributed by atoms with van der Waals surface area (Å²) in [5.41, 5.74) is 5.38. The minimum atomic E-state index is -0.867. The standard InChI is InChI=1S/C26H26ClN3O4/c1-3-20-9-5-6-11-22(20)29-25(31)26(32)30-28-16-18-12-13-23(24(15-18)33-4-2)34-17-19-8-7-10-21(27)14-19/h5-16H,3-4,17H2,1-2H3,(H,29,31)(H,30,32)/b28-16+. The topological polar surface area (TPSA) is 89.0 Å². The first-order valence-corrected chi connectivity index (χ1v) is 11.2. The number of para-hydroxylation sites is 1. The monoisotopic (exact) mass is 479 g/mol. The van der Waals surface area contributed by atoms with Crippen molar-refractivity contribution in [1.82, 2.24) is 5.43 Å². The van der Waals surface area contributed by atoms with Gasteiger partial charge in [0.05, 0.1) is 12.8 Å². The molecule has 0 unspecified atom stereocenters. The molecule has 0 aromatic heterocycles. The van der Waals surface area contributed by atoms with Gasteiger partial charge in [0.2, 0.25) is 0 Å². The predicted molar refractivity (Wildman–Crippen MR) is 134 cm³/mol. The van der Waals surface area contributed by atoms with Crippen LogP contribution < -0.4 is 20.2 Å². The summed E-state index contributed by atoms with van der Waals surface area (Å²) in [7, 11) is 0. The van der Waals surface area contributed by atoms with Crippen LogP contribution in [-0.2, 0) is 22.6 Å². The number of carbonyl (C=O) groups excluding carboxylic acids is 2. The van der Waals surface area contributed by atoms with Crippen molar-refractivity contribution in [3.05, 3.63) is 88.4 Å². The Morgan fingerprint density at radius 2 is 1.76 bits per heavy atom. The van der Waals surface area contributed by atoms with E-state index in [1.54, 1.807) is 36.4 Å². The fourth-order valence-corrected chi connectivity index (χ4v) is 3.34. The molecule has 0 atom stereocenters. The maximum absolute atomic E-state index is 12.2. The molecule has 0 bridgehead atoms. The third-order valence-corrected chi connectivity index (χ3v) is 5.02. The van der Waals surface area contributed by atoms with Crippen molar-refractivity contribution in [2.75, 3.05) is 11.9 Å². The Morgan fingerprint density at radius 1 is 0.941 bits per heavy atom. The van der Waals surface area contributed by atoms with Crippen LogP contribution >= 0.6 is 11.6 Å². The molecule has 0 aliphatic rings. The van der Waals surface area contributed by atoms with Crippen molar-refractivity contribution in [3.8, 4) is 11.5 Å². The van der Waals surface area contributed by atoms with Gasteiger partial charge in [0.25, 0.3) is 0 Å². The van der Waals surface area contributed by atoms with Gasteiger partial charge in [-0.1, -0.05) is 48.9 Å². The van der Waals surface area contributed by atoms with Crippen molar-refractivity contribution in [2.24, 2.45) is 5.10 Å². The SMILES string of the molecule is CCOc1cc(/C=N/NC(=O)C(=O)Nc2ccccc2CC)ccc1OCc1cccc(Cl)c1. The molecule has 2 N–H and O–H groups in total. The number of amides is 2. The molecule has 0 saturated carbocycles.